The second-order valence-electron chi connectivity index (χ2n) is 7.39. The minimum absolute atomic E-state index is 0.131. The molecule has 30 heavy (non-hydrogen) atoms. The number of rotatable bonds is 5. The molecule has 0 saturated heterocycles. The van der Waals surface area contributed by atoms with E-state index in [2.05, 4.69) is 5.32 Å². The highest BCUT2D eigenvalue weighted by atomic mass is 32.1. The molecular weight excluding hydrogens is 402 g/mol. The zero-order valence-corrected chi connectivity index (χ0v) is 17.7. The highest BCUT2D eigenvalue weighted by Crippen LogP contribution is 2.46. The number of benzene rings is 1. The number of amides is 1. The smallest absolute Gasteiger partial charge is 0.317 e. The summed E-state index contributed by atoms with van der Waals surface area (Å²) in [7, 11) is 1.57. The molecule has 1 N–H and O–H groups in total. The first-order chi connectivity index (χ1) is 14.5. The van der Waals surface area contributed by atoms with E-state index < -0.39 is 17.8 Å². The number of methoxy groups -OCH3 is 1. The lowest BCUT2D eigenvalue weighted by molar-refractivity contribution is -0.152. The number of ketones is 1. The summed E-state index contributed by atoms with van der Waals surface area (Å²) in [5, 5.41) is 4.82. The fourth-order valence-electron chi connectivity index (χ4n) is 4.37. The van der Waals surface area contributed by atoms with Crippen LogP contribution in [0, 0.1) is 5.92 Å². The van der Waals surface area contributed by atoms with Gasteiger partial charge in [0.25, 0.3) is 0 Å². The average Bonchev–Trinajstić information content (AvgIpc) is 3.27. The molecule has 4 rings (SSSR count). The van der Waals surface area contributed by atoms with Gasteiger partial charge >= 0.3 is 5.97 Å². The van der Waals surface area contributed by atoms with Crippen molar-refractivity contribution >= 4 is 29.0 Å². The molecule has 2 aromatic rings. The van der Waals surface area contributed by atoms with Gasteiger partial charge in [-0.05, 0) is 42.5 Å². The zero-order chi connectivity index (χ0) is 21.3. The molecule has 1 aliphatic carbocycles. The minimum atomic E-state index is -0.912. The van der Waals surface area contributed by atoms with Crippen LogP contribution < -0.4 is 10.1 Å². The molecule has 3 atom stereocenters. The van der Waals surface area contributed by atoms with Gasteiger partial charge in [-0.15, -0.1) is 11.3 Å². The second-order valence-corrected chi connectivity index (χ2v) is 8.37. The summed E-state index contributed by atoms with van der Waals surface area (Å²) in [5.41, 5.74) is 1.94. The van der Waals surface area contributed by atoms with Crippen molar-refractivity contribution in [2.24, 2.45) is 5.92 Å². The monoisotopic (exact) mass is 425 g/mol. The van der Waals surface area contributed by atoms with E-state index in [1.165, 1.54) is 11.3 Å². The van der Waals surface area contributed by atoms with E-state index >= 15 is 0 Å². The van der Waals surface area contributed by atoms with E-state index in [1.54, 1.807) is 14.0 Å². The van der Waals surface area contributed by atoms with E-state index in [0.717, 1.165) is 10.4 Å². The highest BCUT2D eigenvalue weighted by Gasteiger charge is 2.48. The van der Waals surface area contributed by atoms with Gasteiger partial charge in [0.1, 0.15) is 11.7 Å². The molecule has 7 heteroatoms. The number of nitrogens with one attached hydrogen (secondary N) is 1. The number of carbonyl (C=O) groups is 3. The van der Waals surface area contributed by atoms with Crippen LogP contribution >= 0.6 is 11.3 Å². The summed E-state index contributed by atoms with van der Waals surface area (Å²) in [4.78, 5) is 40.0. The molecule has 2 aliphatic rings. The first kappa shape index (κ1) is 20.3. The molecule has 0 radical (unpaired) electrons. The largest absolute Gasteiger partial charge is 0.497 e. The van der Waals surface area contributed by atoms with E-state index in [1.807, 2.05) is 41.8 Å². The number of esters is 1. The molecule has 0 fully saturated rings. The maximum atomic E-state index is 13.7. The molecule has 0 bridgehead atoms. The van der Waals surface area contributed by atoms with Crippen molar-refractivity contribution in [2.45, 2.75) is 31.6 Å². The summed E-state index contributed by atoms with van der Waals surface area (Å²) in [6, 6.07) is 11.2. The fourth-order valence-corrected chi connectivity index (χ4v) is 5.23. The molecule has 1 aromatic carbocycles. The van der Waals surface area contributed by atoms with Crippen LogP contribution in [0.15, 0.2) is 53.0 Å². The van der Waals surface area contributed by atoms with E-state index in [9.17, 15) is 14.4 Å². The third-order valence-electron chi connectivity index (χ3n) is 5.67. The van der Waals surface area contributed by atoms with Crippen molar-refractivity contribution in [3.63, 3.8) is 0 Å². The summed E-state index contributed by atoms with van der Waals surface area (Å²) in [6.07, 6.45) is 0.564. The Balaban J connectivity index is 1.81. The Morgan fingerprint density at radius 1 is 1.20 bits per heavy atom. The number of hydrogen-bond donors (Lipinski definition) is 1. The Hall–Kier alpha value is -2.93. The Bertz CT molecular complexity index is 1010. The molecule has 1 aromatic heterocycles. The lowest BCUT2D eigenvalue weighted by Crippen LogP contribution is -2.44. The molecule has 2 heterocycles. The van der Waals surface area contributed by atoms with Gasteiger partial charge in [0.05, 0.1) is 13.7 Å². The molecule has 0 saturated carbocycles. The van der Waals surface area contributed by atoms with E-state index in [4.69, 9.17) is 9.47 Å². The second kappa shape index (κ2) is 8.44. The highest BCUT2D eigenvalue weighted by molar-refractivity contribution is 7.10. The number of ether oxygens (including phenoxy) is 2. The number of Topliss-reactive ketones (excluding diaryl/α,β-unsaturated/α-hetero) is 1. The van der Waals surface area contributed by atoms with Gasteiger partial charge < -0.3 is 14.8 Å². The zero-order valence-electron chi connectivity index (χ0n) is 16.8. The van der Waals surface area contributed by atoms with Gasteiger partial charge in [0.15, 0.2) is 5.78 Å². The normalized spacial score (nSPS) is 23.6. The van der Waals surface area contributed by atoms with Gasteiger partial charge in [-0.1, -0.05) is 18.2 Å². The van der Waals surface area contributed by atoms with E-state index in [0.29, 0.717) is 23.4 Å². The lowest BCUT2D eigenvalue weighted by atomic mass is 9.69. The number of carbonyl (C=O) groups excluding carboxylic acids is 3. The Morgan fingerprint density at radius 2 is 2.03 bits per heavy atom. The van der Waals surface area contributed by atoms with Crippen LogP contribution in [0.25, 0.3) is 0 Å². The Morgan fingerprint density at radius 3 is 2.73 bits per heavy atom. The van der Waals surface area contributed by atoms with Crippen LogP contribution in [0.4, 0.5) is 0 Å². The topological polar surface area (TPSA) is 81.7 Å². The molecule has 156 valence electrons. The third kappa shape index (κ3) is 3.65. The summed E-state index contributed by atoms with van der Waals surface area (Å²) in [5.74, 6) is -1.92. The van der Waals surface area contributed by atoms with Gasteiger partial charge in [-0.25, -0.2) is 0 Å². The van der Waals surface area contributed by atoms with Crippen LogP contribution in [0.1, 0.15) is 42.0 Å². The van der Waals surface area contributed by atoms with Crippen molar-refractivity contribution in [1.82, 2.24) is 5.32 Å². The molecule has 1 aliphatic heterocycles. The fraction of sp³-hybridized carbons (Fsp3) is 0.348. The van der Waals surface area contributed by atoms with Crippen LogP contribution in [-0.4, -0.2) is 31.4 Å². The summed E-state index contributed by atoms with van der Waals surface area (Å²) in [6.45, 7) is 1.94. The molecule has 1 amide bonds. The van der Waals surface area contributed by atoms with Crippen LogP contribution in [-0.2, 0) is 19.1 Å². The molecular formula is C23H23NO5S. The molecule has 6 nitrogen and oxygen atoms in total. The minimum Gasteiger partial charge on any atom is -0.497 e. The summed E-state index contributed by atoms with van der Waals surface area (Å²) < 4.78 is 10.6. The van der Waals surface area contributed by atoms with Crippen LogP contribution in [0.3, 0.4) is 0 Å². The lowest BCUT2D eigenvalue weighted by Gasteiger charge is -2.37. The quantitative estimate of drug-likeness (QED) is 0.585. The Labute approximate surface area is 178 Å². The van der Waals surface area contributed by atoms with Crippen molar-refractivity contribution in [2.75, 3.05) is 13.7 Å². The van der Waals surface area contributed by atoms with Crippen LogP contribution in [0.5, 0.6) is 5.75 Å². The average molecular weight is 426 g/mol. The number of thiophene rings is 1. The predicted octanol–water partition coefficient (Wildman–Crippen LogP) is 3.55. The van der Waals surface area contributed by atoms with Crippen LogP contribution in [0.2, 0.25) is 0 Å². The van der Waals surface area contributed by atoms with Gasteiger partial charge in [-0.3, -0.25) is 14.4 Å². The SMILES string of the molecule is CCOC(=O)[C@@H]1C(=O)C2=C(C[C@H]1c1cccs1)NC(=O)C[C@H]2c1cccc(OC)c1. The van der Waals surface area contributed by atoms with Crippen molar-refractivity contribution in [3.8, 4) is 5.75 Å². The molecule has 0 unspecified atom stereocenters. The standard InChI is InChI=1S/C23H23NO5S/c1-3-29-23(27)21-16(18-8-5-9-30-18)11-17-20(22(21)26)15(12-19(25)24-17)13-6-4-7-14(10-13)28-2/h4-10,15-16,21H,3,11-12H2,1-2H3,(H,24,25)/t15-,16-,21-/m0/s1. The maximum absolute atomic E-state index is 13.7. The predicted molar refractivity (Wildman–Crippen MR) is 112 cm³/mol. The Kier molecular flexibility index (Phi) is 5.72. The van der Waals surface area contributed by atoms with Gasteiger partial charge in [0.2, 0.25) is 5.91 Å². The van der Waals surface area contributed by atoms with Crippen molar-refractivity contribution in [3.05, 3.63) is 63.5 Å². The maximum Gasteiger partial charge on any atom is 0.317 e. The number of allylic oxidation sites excluding steroid dienone is 2. The van der Waals surface area contributed by atoms with Crippen molar-refractivity contribution < 1.29 is 23.9 Å². The molecule has 0 spiro atoms. The summed E-state index contributed by atoms with van der Waals surface area (Å²) >= 11 is 1.50. The number of hydrogen-bond acceptors (Lipinski definition) is 6. The van der Waals surface area contributed by atoms with Crippen molar-refractivity contribution in [1.29, 1.82) is 0 Å². The van der Waals surface area contributed by atoms with Gasteiger partial charge in [-0.2, -0.15) is 0 Å². The van der Waals surface area contributed by atoms with E-state index in [-0.39, 0.29) is 30.6 Å². The van der Waals surface area contributed by atoms with Gasteiger partial charge in [0, 0.05) is 34.4 Å². The first-order valence-corrected chi connectivity index (χ1v) is 10.8. The first-order valence-electron chi connectivity index (χ1n) is 9.94. The third-order valence-corrected chi connectivity index (χ3v) is 6.68.